The Labute approximate surface area is 353 Å². The van der Waals surface area contributed by atoms with E-state index < -0.39 is 0 Å². The lowest BCUT2D eigenvalue weighted by atomic mass is 9.98. The summed E-state index contributed by atoms with van der Waals surface area (Å²) in [5, 5.41) is 7.20. The predicted octanol–water partition coefficient (Wildman–Crippen LogP) is 16.3. The number of benzene rings is 10. The van der Waals surface area contributed by atoms with Gasteiger partial charge in [-0.25, -0.2) is 0 Å². The number of hydrogen-bond acceptors (Lipinski definition) is 2. The lowest BCUT2D eigenvalue weighted by Crippen LogP contribution is -2.11. The molecule has 0 atom stereocenters. The van der Waals surface area contributed by atoms with E-state index in [0.717, 1.165) is 61.4 Å². The maximum absolute atomic E-state index is 6.36. The molecule has 0 unspecified atom stereocenters. The first kappa shape index (κ1) is 34.9. The molecule has 2 aromatic heterocycles. The summed E-state index contributed by atoms with van der Waals surface area (Å²) in [5.74, 6) is 0. The Balaban J connectivity index is 0.932. The highest BCUT2D eigenvalue weighted by Gasteiger charge is 2.19. The number of para-hydroxylation sites is 4. The Kier molecular flexibility index (Phi) is 8.17. The van der Waals surface area contributed by atoms with Crippen LogP contribution in [0.25, 0.3) is 93.6 Å². The van der Waals surface area contributed by atoms with Crippen LogP contribution in [-0.2, 0) is 0 Å². The summed E-state index contributed by atoms with van der Waals surface area (Å²) in [4.78, 5) is 2.38. The first-order valence-electron chi connectivity index (χ1n) is 20.8. The third kappa shape index (κ3) is 5.98. The van der Waals surface area contributed by atoms with Crippen LogP contribution in [0.1, 0.15) is 0 Å². The predicted molar refractivity (Wildman–Crippen MR) is 257 cm³/mol. The summed E-state index contributed by atoms with van der Waals surface area (Å²) in [7, 11) is 0. The topological polar surface area (TPSA) is 21.3 Å². The second kappa shape index (κ2) is 14.3. The van der Waals surface area contributed by atoms with Crippen LogP contribution in [0.3, 0.4) is 0 Å². The van der Waals surface area contributed by atoms with Crippen molar-refractivity contribution in [2.24, 2.45) is 0 Å². The van der Waals surface area contributed by atoms with Gasteiger partial charge in [0.15, 0.2) is 0 Å². The zero-order valence-corrected chi connectivity index (χ0v) is 33.2. The van der Waals surface area contributed by atoms with Gasteiger partial charge in [0.1, 0.15) is 11.2 Å². The first-order chi connectivity index (χ1) is 30.2. The van der Waals surface area contributed by atoms with E-state index >= 15 is 0 Å². The molecule has 0 saturated heterocycles. The van der Waals surface area contributed by atoms with E-state index in [0.29, 0.717) is 0 Å². The summed E-state index contributed by atoms with van der Waals surface area (Å²) in [6.45, 7) is 0. The smallest absolute Gasteiger partial charge is 0.136 e. The summed E-state index contributed by atoms with van der Waals surface area (Å²) < 4.78 is 8.75. The number of hydrogen-bond donors (Lipinski definition) is 0. The molecule has 2 heterocycles. The second-order valence-electron chi connectivity index (χ2n) is 15.7. The van der Waals surface area contributed by atoms with Crippen LogP contribution < -0.4 is 4.90 Å². The summed E-state index contributed by atoms with van der Waals surface area (Å²) in [5.41, 5.74) is 15.5. The van der Waals surface area contributed by atoms with Crippen molar-refractivity contribution in [3.05, 3.63) is 231 Å². The Bertz CT molecular complexity index is 3560. The van der Waals surface area contributed by atoms with Gasteiger partial charge < -0.3 is 13.9 Å². The van der Waals surface area contributed by atoms with E-state index in [1.54, 1.807) is 0 Å². The fourth-order valence-electron chi connectivity index (χ4n) is 9.26. The van der Waals surface area contributed by atoms with E-state index in [-0.39, 0.29) is 0 Å². The number of fused-ring (bicyclic) bond motifs is 7. The quantitative estimate of drug-likeness (QED) is 0.161. The van der Waals surface area contributed by atoms with Gasteiger partial charge in [-0.1, -0.05) is 152 Å². The maximum atomic E-state index is 6.36. The Morgan fingerprint density at radius 3 is 1.72 bits per heavy atom. The van der Waals surface area contributed by atoms with Gasteiger partial charge in [0.25, 0.3) is 0 Å². The molecule has 0 radical (unpaired) electrons. The SMILES string of the molecule is c1cc(-c2ccc(N(c3ccc4ccccc4c3)c3ccccc3-c3ccc4c(c3)oc3ccccc34)cc2)cc(-c2cccc(-n3c4ccccc4c4ccccc43)c2)c1. The van der Waals surface area contributed by atoms with Gasteiger partial charge in [-0.2, -0.15) is 0 Å². The highest BCUT2D eigenvalue weighted by Crippen LogP contribution is 2.43. The highest BCUT2D eigenvalue weighted by atomic mass is 16.3. The van der Waals surface area contributed by atoms with Crippen molar-refractivity contribution in [2.75, 3.05) is 4.90 Å². The average molecular weight is 779 g/mol. The minimum absolute atomic E-state index is 0.885. The number of aromatic nitrogens is 1. The number of rotatable bonds is 7. The van der Waals surface area contributed by atoms with Crippen LogP contribution >= 0.6 is 0 Å². The lowest BCUT2D eigenvalue weighted by molar-refractivity contribution is 0.669. The summed E-state index contributed by atoms with van der Waals surface area (Å²) in [6, 6.07) is 83.0. The molecule has 61 heavy (non-hydrogen) atoms. The Morgan fingerprint density at radius 1 is 0.328 bits per heavy atom. The molecule has 12 aromatic rings. The van der Waals surface area contributed by atoms with E-state index in [1.807, 2.05) is 12.1 Å². The van der Waals surface area contributed by atoms with Crippen molar-refractivity contribution in [3.63, 3.8) is 0 Å². The molecule has 0 N–H and O–H groups in total. The monoisotopic (exact) mass is 778 g/mol. The van der Waals surface area contributed by atoms with Crippen LogP contribution in [0.5, 0.6) is 0 Å². The molecule has 3 heteroatoms. The van der Waals surface area contributed by atoms with E-state index in [2.05, 4.69) is 228 Å². The molecule has 0 fully saturated rings. The van der Waals surface area contributed by atoms with Crippen molar-refractivity contribution < 1.29 is 4.42 Å². The molecule has 0 saturated carbocycles. The van der Waals surface area contributed by atoms with Crippen molar-refractivity contribution in [1.82, 2.24) is 4.57 Å². The normalized spacial score (nSPS) is 11.6. The third-order valence-corrected chi connectivity index (χ3v) is 12.2. The number of furan rings is 1. The van der Waals surface area contributed by atoms with Crippen LogP contribution in [0.4, 0.5) is 17.1 Å². The number of anilines is 3. The Hall–Kier alpha value is -8.14. The van der Waals surface area contributed by atoms with Gasteiger partial charge in [0.05, 0.1) is 16.7 Å². The lowest BCUT2D eigenvalue weighted by Gasteiger charge is -2.28. The van der Waals surface area contributed by atoms with Crippen LogP contribution in [0.15, 0.2) is 235 Å². The van der Waals surface area contributed by atoms with Gasteiger partial charge in [0, 0.05) is 44.2 Å². The first-order valence-corrected chi connectivity index (χ1v) is 20.8. The standard InChI is InChI=1S/C58H38N2O/c1-2-14-43-36-48(33-29-39(43)13-1)59(54-23-7-3-19-49(54)45-30-34-53-52-22-6-10-26-57(52)61-58(53)38-45)46-31-27-40(28-32-46)41-15-11-16-42(35-41)44-17-12-18-47(37-44)60-55-24-8-4-20-50(55)51-21-5-9-25-56(51)60/h1-38H. The van der Waals surface area contributed by atoms with Gasteiger partial charge in [-0.05, 0) is 117 Å². The van der Waals surface area contributed by atoms with Crippen LogP contribution in [0.2, 0.25) is 0 Å². The molecule has 0 aliphatic rings. The van der Waals surface area contributed by atoms with Gasteiger partial charge in [0.2, 0.25) is 0 Å². The molecule has 12 rings (SSSR count). The molecule has 0 aliphatic heterocycles. The van der Waals surface area contributed by atoms with E-state index in [4.69, 9.17) is 4.42 Å². The van der Waals surface area contributed by atoms with Crippen LogP contribution in [0, 0.1) is 0 Å². The molecule has 0 bridgehead atoms. The molecular formula is C58H38N2O. The molecule has 0 amide bonds. The molecule has 0 aliphatic carbocycles. The van der Waals surface area contributed by atoms with Gasteiger partial charge in [-0.3, -0.25) is 0 Å². The van der Waals surface area contributed by atoms with Crippen molar-refractivity contribution in [3.8, 4) is 39.1 Å². The van der Waals surface area contributed by atoms with E-state index in [9.17, 15) is 0 Å². The van der Waals surface area contributed by atoms with Gasteiger partial charge >= 0.3 is 0 Å². The zero-order valence-electron chi connectivity index (χ0n) is 33.2. The third-order valence-electron chi connectivity index (χ3n) is 12.2. The highest BCUT2D eigenvalue weighted by molar-refractivity contribution is 6.09. The van der Waals surface area contributed by atoms with Crippen molar-refractivity contribution in [1.29, 1.82) is 0 Å². The van der Waals surface area contributed by atoms with Crippen LogP contribution in [-0.4, -0.2) is 4.57 Å². The summed E-state index contributed by atoms with van der Waals surface area (Å²) in [6.07, 6.45) is 0. The van der Waals surface area contributed by atoms with E-state index in [1.165, 1.54) is 49.3 Å². The number of nitrogens with zero attached hydrogens (tertiary/aromatic N) is 2. The minimum atomic E-state index is 0.885. The molecular weight excluding hydrogens is 741 g/mol. The van der Waals surface area contributed by atoms with Crippen molar-refractivity contribution in [2.45, 2.75) is 0 Å². The maximum Gasteiger partial charge on any atom is 0.136 e. The Morgan fingerprint density at radius 2 is 0.918 bits per heavy atom. The minimum Gasteiger partial charge on any atom is -0.456 e. The largest absolute Gasteiger partial charge is 0.456 e. The fourth-order valence-corrected chi connectivity index (χ4v) is 9.26. The van der Waals surface area contributed by atoms with Gasteiger partial charge in [-0.15, -0.1) is 0 Å². The molecule has 3 nitrogen and oxygen atoms in total. The molecule has 286 valence electrons. The summed E-state index contributed by atoms with van der Waals surface area (Å²) >= 11 is 0. The van der Waals surface area contributed by atoms with Crippen molar-refractivity contribution >= 4 is 71.6 Å². The molecule has 0 spiro atoms. The second-order valence-corrected chi connectivity index (χ2v) is 15.7. The zero-order chi connectivity index (χ0) is 40.3. The fraction of sp³-hybridized carbons (Fsp3) is 0. The molecule has 10 aromatic carbocycles. The average Bonchev–Trinajstić information content (AvgIpc) is 3.88.